The van der Waals surface area contributed by atoms with E-state index in [0.29, 0.717) is 0 Å². The van der Waals surface area contributed by atoms with E-state index in [1.54, 1.807) is 0 Å². The predicted molar refractivity (Wildman–Crippen MR) is 199 cm³/mol. The van der Waals surface area contributed by atoms with Crippen molar-refractivity contribution in [2.24, 2.45) is 0 Å². The van der Waals surface area contributed by atoms with Gasteiger partial charge in [0.05, 0.1) is 16.2 Å². The zero-order valence-corrected chi connectivity index (χ0v) is 32.6. The van der Waals surface area contributed by atoms with Gasteiger partial charge in [-0.2, -0.15) is 0 Å². The van der Waals surface area contributed by atoms with Crippen molar-refractivity contribution in [2.45, 2.75) is 25.9 Å². The predicted octanol–water partition coefficient (Wildman–Crippen LogP) is 7.72. The van der Waals surface area contributed by atoms with Gasteiger partial charge in [0.25, 0.3) is 0 Å². The van der Waals surface area contributed by atoms with Gasteiger partial charge in [-0.3, -0.25) is 9.80 Å². The minimum atomic E-state index is 0. The monoisotopic (exact) mass is 891 g/mol. The molecule has 2 aromatic carbocycles. The van der Waals surface area contributed by atoms with Crippen molar-refractivity contribution in [1.82, 2.24) is 24.6 Å². The average Bonchev–Trinajstić information content (AvgIpc) is 3.19. The van der Waals surface area contributed by atoms with Gasteiger partial charge in [-0.15, -0.1) is 84.9 Å². The fourth-order valence-corrected chi connectivity index (χ4v) is 5.63. The third-order valence-electron chi connectivity index (χ3n) is 7.58. The number of fused-ring (bicyclic) bond motifs is 1. The normalized spacial score (nSPS) is 17.2. The molecule has 3 heterocycles. The first-order valence-electron chi connectivity index (χ1n) is 13.0. The summed E-state index contributed by atoms with van der Waals surface area (Å²) in [6.07, 6.45) is 2.47. The number of nitrogens with zero attached hydrogens (tertiary/aromatic N) is 5. The second kappa shape index (κ2) is 19.6. The van der Waals surface area contributed by atoms with Crippen LogP contribution in [0.15, 0.2) is 48.5 Å². The highest BCUT2D eigenvalue weighted by Gasteiger charge is 2.18. The van der Waals surface area contributed by atoms with E-state index in [0.717, 1.165) is 73.0 Å². The largest absolute Gasteiger partial charge is 0.305 e. The highest BCUT2D eigenvalue weighted by Crippen LogP contribution is 2.30. The Balaban J connectivity index is 0.00000304. The number of pyridine rings is 1. The Kier molecular flexibility index (Phi) is 19.8. The molecule has 11 heteroatoms. The molecule has 5 nitrogen and oxygen atoms in total. The molecule has 1 aromatic heterocycles. The second-order valence-electron chi connectivity index (χ2n) is 10.4. The van der Waals surface area contributed by atoms with Crippen LogP contribution in [0.2, 0.25) is 5.02 Å². The van der Waals surface area contributed by atoms with Crippen LogP contribution in [0.25, 0.3) is 22.2 Å². The number of hydrogen-bond acceptors (Lipinski definition) is 5. The van der Waals surface area contributed by atoms with Crippen molar-refractivity contribution in [3.63, 3.8) is 0 Å². The van der Waals surface area contributed by atoms with Crippen molar-refractivity contribution in [2.75, 3.05) is 66.5 Å². The Morgan fingerprint density at radius 3 is 1.85 bits per heavy atom. The third-order valence-corrected chi connectivity index (χ3v) is 7.89. The summed E-state index contributed by atoms with van der Waals surface area (Å²) in [5, 5.41) is 1.77. The lowest BCUT2D eigenvalue weighted by Crippen LogP contribution is -2.31. The molecule has 226 valence electrons. The molecule has 0 aliphatic carbocycles. The number of benzene rings is 2. The van der Waals surface area contributed by atoms with E-state index < -0.39 is 0 Å². The fraction of sp³-hybridized carbons (Fsp3) is 0.483. The molecule has 2 aliphatic heterocycles. The van der Waals surface area contributed by atoms with E-state index in [1.165, 1.54) is 43.6 Å². The first-order chi connectivity index (χ1) is 17.0. The van der Waals surface area contributed by atoms with Crippen molar-refractivity contribution in [3.05, 3.63) is 64.7 Å². The minimum Gasteiger partial charge on any atom is -0.305 e. The maximum absolute atomic E-state index is 6.66. The smallest absolute Gasteiger partial charge is 0.0724 e. The molecule has 40 heavy (non-hydrogen) atoms. The minimum absolute atomic E-state index is 0. The summed E-state index contributed by atoms with van der Waals surface area (Å²) in [5.74, 6) is 0. The van der Waals surface area contributed by atoms with Crippen LogP contribution in [0, 0.1) is 0 Å². The molecule has 0 spiro atoms. The molecule has 2 aliphatic rings. The van der Waals surface area contributed by atoms with Crippen molar-refractivity contribution >= 4 is 107 Å². The summed E-state index contributed by atoms with van der Waals surface area (Å²) >= 11 is 6.66. The quantitative estimate of drug-likeness (QED) is 0.262. The molecule has 2 fully saturated rings. The lowest BCUT2D eigenvalue weighted by Gasteiger charge is -2.25. The first kappa shape index (κ1) is 40.4. The van der Waals surface area contributed by atoms with Gasteiger partial charge in [0.15, 0.2) is 0 Å². The van der Waals surface area contributed by atoms with E-state index in [-0.39, 0.29) is 84.9 Å². The van der Waals surface area contributed by atoms with E-state index in [4.69, 9.17) is 16.6 Å². The summed E-state index contributed by atoms with van der Waals surface area (Å²) in [6, 6.07) is 17.1. The van der Waals surface area contributed by atoms with Gasteiger partial charge in [0, 0.05) is 50.2 Å². The van der Waals surface area contributed by atoms with Gasteiger partial charge in [0.2, 0.25) is 0 Å². The summed E-state index contributed by atoms with van der Waals surface area (Å²) in [5.41, 5.74) is 5.93. The van der Waals surface area contributed by atoms with Gasteiger partial charge < -0.3 is 9.80 Å². The van der Waals surface area contributed by atoms with Crippen LogP contribution >= 0.6 is 96.5 Å². The van der Waals surface area contributed by atoms with Crippen LogP contribution < -0.4 is 0 Å². The average molecular weight is 897 g/mol. The maximum atomic E-state index is 6.66. The molecular weight excluding hydrogens is 853 g/mol. The molecule has 0 saturated carbocycles. The number of para-hydroxylation sites is 1. The number of likely N-dealkylation sites (N-methyl/N-ethyl adjacent to an activating group) is 2. The first-order valence-corrected chi connectivity index (χ1v) is 13.4. The van der Waals surface area contributed by atoms with E-state index in [2.05, 4.69) is 51.9 Å². The molecule has 3 aromatic rings. The van der Waals surface area contributed by atoms with Gasteiger partial charge in [-0.05, 0) is 82.4 Å². The Morgan fingerprint density at radius 1 is 0.650 bits per heavy atom. The zero-order valence-electron chi connectivity index (χ0n) is 23.3. The molecule has 5 rings (SSSR count). The second-order valence-corrected chi connectivity index (χ2v) is 10.8. The molecule has 0 N–H and O–H groups in total. The van der Waals surface area contributed by atoms with E-state index in [1.807, 2.05) is 30.3 Å². The van der Waals surface area contributed by atoms with Crippen molar-refractivity contribution < 1.29 is 0 Å². The van der Waals surface area contributed by atoms with Crippen LogP contribution in [0.4, 0.5) is 0 Å². The Labute approximate surface area is 297 Å². The van der Waals surface area contributed by atoms with Gasteiger partial charge in [-0.25, -0.2) is 4.98 Å². The standard InChI is InChI=1S/C29H38ClN5.5BrH/c1-32-11-5-13-34(17-15-32)21-24-10-9-23(19-25(24)22-35-14-6-12-33(2)16-18-35)29-20-27(30)26-7-3-4-8-28(26)31-29;;;;;/h3-4,7-10,19-20H,5-6,11-18,21-22H2,1-2H3;5*1H. The molecule has 0 atom stereocenters. The summed E-state index contributed by atoms with van der Waals surface area (Å²) in [7, 11) is 4.48. The summed E-state index contributed by atoms with van der Waals surface area (Å²) < 4.78 is 0. The topological polar surface area (TPSA) is 25.9 Å². The molecular formula is C29H43Br5ClN5. The molecule has 0 unspecified atom stereocenters. The van der Waals surface area contributed by atoms with Crippen LogP contribution in [-0.4, -0.2) is 91.0 Å². The molecule has 0 amide bonds. The SMILES string of the molecule is Br.Br.Br.Br.Br.CN1CCCN(Cc2ccc(-c3cc(Cl)c4ccccc4n3)cc2CN2CCCN(C)CC2)CC1. The number of halogens is 6. The Bertz CT molecular complexity index is 1170. The van der Waals surface area contributed by atoms with Crippen LogP contribution in [0.5, 0.6) is 0 Å². The number of aromatic nitrogens is 1. The summed E-state index contributed by atoms with van der Waals surface area (Å²) in [6.45, 7) is 11.2. The highest BCUT2D eigenvalue weighted by molar-refractivity contribution is 8.93. The highest BCUT2D eigenvalue weighted by atomic mass is 79.9. The maximum Gasteiger partial charge on any atom is 0.0724 e. The van der Waals surface area contributed by atoms with Crippen molar-refractivity contribution in [1.29, 1.82) is 0 Å². The Hall–Kier alpha value is 0.380. The molecule has 0 bridgehead atoms. The molecule has 2 saturated heterocycles. The van der Waals surface area contributed by atoms with Gasteiger partial charge >= 0.3 is 0 Å². The van der Waals surface area contributed by atoms with Gasteiger partial charge in [0.1, 0.15) is 0 Å². The Morgan fingerprint density at radius 2 is 1.23 bits per heavy atom. The van der Waals surface area contributed by atoms with Crippen LogP contribution in [-0.2, 0) is 13.1 Å². The zero-order chi connectivity index (χ0) is 24.2. The lowest BCUT2D eigenvalue weighted by molar-refractivity contribution is 0.257. The van der Waals surface area contributed by atoms with Crippen LogP contribution in [0.1, 0.15) is 24.0 Å². The van der Waals surface area contributed by atoms with Gasteiger partial charge in [-0.1, -0.05) is 41.9 Å². The summed E-state index contributed by atoms with van der Waals surface area (Å²) in [4.78, 5) is 15.1. The van der Waals surface area contributed by atoms with E-state index in [9.17, 15) is 0 Å². The van der Waals surface area contributed by atoms with Crippen LogP contribution in [0.3, 0.4) is 0 Å². The molecule has 0 radical (unpaired) electrons. The van der Waals surface area contributed by atoms with E-state index >= 15 is 0 Å². The lowest BCUT2D eigenvalue weighted by atomic mass is 10.00. The number of rotatable bonds is 5. The fourth-order valence-electron chi connectivity index (χ4n) is 5.37. The third kappa shape index (κ3) is 10.8. The number of hydrogen-bond donors (Lipinski definition) is 0. The van der Waals surface area contributed by atoms with Crippen molar-refractivity contribution in [3.8, 4) is 11.3 Å².